The fourth-order valence-electron chi connectivity index (χ4n) is 1.57. The lowest BCUT2D eigenvalue weighted by atomic mass is 10.2. The maximum absolute atomic E-state index is 13.2. The van der Waals surface area contributed by atoms with Crippen LogP contribution in [0, 0.1) is 15.9 Å². The first kappa shape index (κ1) is 16.9. The summed E-state index contributed by atoms with van der Waals surface area (Å²) in [7, 11) is 0. The molecule has 21 heavy (non-hydrogen) atoms. The number of hydrogen-bond donors (Lipinski definition) is 2. The summed E-state index contributed by atoms with van der Waals surface area (Å²) in [6.45, 7) is 0. The van der Waals surface area contributed by atoms with E-state index in [1.54, 1.807) is 0 Å². The molecule has 1 atom stereocenters. The molecule has 2 N–H and O–H groups in total. The van der Waals surface area contributed by atoms with Gasteiger partial charge in [-0.3, -0.25) is 14.9 Å². The first-order chi connectivity index (χ1) is 9.93. The number of carbonyl (C=O) groups excluding carboxylic acids is 1. The molecule has 114 valence electrons. The molecule has 0 aliphatic carbocycles. The number of carbonyl (C=O) groups is 2. The normalized spacial score (nSPS) is 11.7. The van der Waals surface area contributed by atoms with Crippen LogP contribution in [-0.4, -0.2) is 34.2 Å². The van der Waals surface area contributed by atoms with Gasteiger partial charge in [0.15, 0.2) is 0 Å². The summed E-state index contributed by atoms with van der Waals surface area (Å²) >= 11 is 1.30. The minimum atomic E-state index is -1.14. The smallest absolute Gasteiger partial charge is 0.326 e. The van der Waals surface area contributed by atoms with Crippen molar-refractivity contribution >= 4 is 29.8 Å². The second-order valence-electron chi connectivity index (χ2n) is 4.09. The molecule has 0 saturated heterocycles. The van der Waals surface area contributed by atoms with Crippen molar-refractivity contribution in [3.05, 3.63) is 39.7 Å². The Kier molecular flexibility index (Phi) is 6.60. The second-order valence-corrected chi connectivity index (χ2v) is 5.20. The molecule has 0 aliphatic rings. The predicted octanol–water partition coefficient (Wildman–Crippen LogP) is 1.56. The minimum Gasteiger partial charge on any atom is -0.480 e. The first-order valence-electron chi connectivity index (χ1n) is 5.88. The number of aliphatic carboxylic acids is 1. The molecule has 0 saturated carbocycles. The van der Waals surface area contributed by atoms with Crippen molar-refractivity contribution in [2.24, 2.45) is 0 Å². The number of thioether (sulfide) groups is 1. The summed E-state index contributed by atoms with van der Waals surface area (Å²) in [5.74, 6) is -1.11. The van der Waals surface area contributed by atoms with Gasteiger partial charge in [-0.15, -0.1) is 0 Å². The Morgan fingerprint density at radius 3 is 2.81 bits per heavy atom. The molecule has 1 unspecified atom stereocenters. The van der Waals surface area contributed by atoms with E-state index in [0.29, 0.717) is 23.5 Å². The molecule has 1 amide bonds. The van der Waals surface area contributed by atoms with Crippen molar-refractivity contribution in [2.45, 2.75) is 18.2 Å². The van der Waals surface area contributed by atoms with Gasteiger partial charge >= 0.3 is 5.97 Å². The number of amides is 1. The van der Waals surface area contributed by atoms with Gasteiger partial charge in [0.05, 0.1) is 11.0 Å². The van der Waals surface area contributed by atoms with Crippen LogP contribution >= 0.6 is 11.8 Å². The molecule has 0 fully saturated rings. The fraction of sp³-hybridized carbons (Fsp3) is 0.333. The Balaban J connectivity index is 2.50. The Morgan fingerprint density at radius 2 is 2.24 bits per heavy atom. The highest BCUT2D eigenvalue weighted by Gasteiger charge is 2.15. The topological polar surface area (TPSA) is 110 Å². The van der Waals surface area contributed by atoms with Crippen LogP contribution in [0.15, 0.2) is 18.2 Å². The van der Waals surface area contributed by atoms with Crippen LogP contribution in [0.5, 0.6) is 0 Å². The predicted molar refractivity (Wildman–Crippen MR) is 74.5 cm³/mol. The van der Waals surface area contributed by atoms with Crippen LogP contribution in [0.2, 0.25) is 0 Å². The molecule has 0 aromatic heterocycles. The molecule has 1 aromatic carbocycles. The van der Waals surface area contributed by atoms with E-state index in [0.717, 1.165) is 6.07 Å². The Hall–Kier alpha value is -2.16. The average molecular weight is 316 g/mol. The third-order valence-corrected chi connectivity index (χ3v) is 3.60. The van der Waals surface area contributed by atoms with Crippen LogP contribution < -0.4 is 5.32 Å². The maximum atomic E-state index is 13.2. The highest BCUT2D eigenvalue weighted by atomic mass is 32.2. The molecular formula is C12H13FN2O5S. The monoisotopic (exact) mass is 316 g/mol. The second kappa shape index (κ2) is 8.20. The Labute approximate surface area is 123 Å². The zero-order valence-electron chi connectivity index (χ0n) is 10.8. The number of nitro benzene ring substituents is 1. The van der Waals surface area contributed by atoms with E-state index in [1.807, 2.05) is 0 Å². The number of carboxylic acids is 1. The minimum absolute atomic E-state index is 0.205. The number of nitro groups is 1. The third-order valence-electron chi connectivity index (χ3n) is 2.54. The Morgan fingerprint density at radius 1 is 1.52 bits per heavy atom. The lowest BCUT2D eigenvalue weighted by molar-refractivity contribution is -0.385. The van der Waals surface area contributed by atoms with Gasteiger partial charge in [-0.05, 0) is 23.8 Å². The zero-order valence-corrected chi connectivity index (χ0v) is 11.6. The number of hydrogen-bond acceptors (Lipinski definition) is 5. The molecule has 9 heteroatoms. The van der Waals surface area contributed by atoms with Gasteiger partial charge in [-0.1, -0.05) is 0 Å². The van der Waals surface area contributed by atoms with Gasteiger partial charge in [0.25, 0.3) is 5.69 Å². The van der Waals surface area contributed by atoms with Crippen molar-refractivity contribution in [3.63, 3.8) is 0 Å². The van der Waals surface area contributed by atoms with Crippen molar-refractivity contribution in [1.29, 1.82) is 0 Å². The SMILES string of the molecule is O=CNC(CCSCc1cc(F)cc([N+](=O)[O-])c1)C(=O)O. The van der Waals surface area contributed by atoms with E-state index < -0.39 is 22.8 Å². The van der Waals surface area contributed by atoms with E-state index in [4.69, 9.17) is 5.11 Å². The highest BCUT2D eigenvalue weighted by Crippen LogP contribution is 2.20. The zero-order chi connectivity index (χ0) is 15.8. The van der Waals surface area contributed by atoms with Gasteiger partial charge in [0.2, 0.25) is 6.41 Å². The largest absolute Gasteiger partial charge is 0.480 e. The lowest BCUT2D eigenvalue weighted by Gasteiger charge is -2.10. The highest BCUT2D eigenvalue weighted by molar-refractivity contribution is 7.98. The molecule has 0 aliphatic heterocycles. The summed E-state index contributed by atoms with van der Waals surface area (Å²) in [5, 5.41) is 21.6. The van der Waals surface area contributed by atoms with Crippen molar-refractivity contribution in [1.82, 2.24) is 5.32 Å². The first-order valence-corrected chi connectivity index (χ1v) is 7.03. The molecule has 1 rings (SSSR count). The van der Waals surface area contributed by atoms with E-state index >= 15 is 0 Å². The van der Waals surface area contributed by atoms with Gasteiger partial charge < -0.3 is 10.4 Å². The Bertz CT molecular complexity index is 540. The molecular weight excluding hydrogens is 303 g/mol. The van der Waals surface area contributed by atoms with Crippen molar-refractivity contribution < 1.29 is 24.0 Å². The van der Waals surface area contributed by atoms with Crippen molar-refractivity contribution in [2.75, 3.05) is 5.75 Å². The van der Waals surface area contributed by atoms with Crippen LogP contribution in [0.25, 0.3) is 0 Å². The van der Waals surface area contributed by atoms with Gasteiger partial charge in [-0.25, -0.2) is 9.18 Å². The fourth-order valence-corrected chi connectivity index (χ4v) is 2.52. The van der Waals surface area contributed by atoms with Gasteiger partial charge in [0, 0.05) is 11.8 Å². The molecule has 0 heterocycles. The number of benzene rings is 1. The summed E-state index contributed by atoms with van der Waals surface area (Å²) in [4.78, 5) is 30.9. The van der Waals surface area contributed by atoms with Gasteiger partial charge in [0.1, 0.15) is 11.9 Å². The summed E-state index contributed by atoms with van der Waals surface area (Å²) in [6.07, 6.45) is 0.523. The van der Waals surface area contributed by atoms with E-state index in [2.05, 4.69) is 5.32 Å². The maximum Gasteiger partial charge on any atom is 0.326 e. The van der Waals surface area contributed by atoms with Crippen molar-refractivity contribution in [3.8, 4) is 0 Å². The van der Waals surface area contributed by atoms with Crippen LogP contribution in [0.3, 0.4) is 0 Å². The van der Waals surface area contributed by atoms with Crippen LogP contribution in [-0.2, 0) is 15.3 Å². The summed E-state index contributed by atoms with van der Waals surface area (Å²) in [6, 6.07) is 2.33. The third kappa shape index (κ3) is 5.78. The lowest BCUT2D eigenvalue weighted by Crippen LogP contribution is -2.36. The number of halogens is 1. The molecule has 7 nitrogen and oxygen atoms in total. The molecule has 1 aromatic rings. The quantitative estimate of drug-likeness (QED) is 0.310. The van der Waals surface area contributed by atoms with Gasteiger partial charge in [-0.2, -0.15) is 11.8 Å². The summed E-state index contributed by atoms with van der Waals surface area (Å²) < 4.78 is 13.2. The van der Waals surface area contributed by atoms with E-state index in [-0.39, 0.29) is 12.1 Å². The molecule has 0 spiro atoms. The number of nitrogens with zero attached hydrogens (tertiary/aromatic N) is 1. The van der Waals surface area contributed by atoms with Crippen LogP contribution in [0.1, 0.15) is 12.0 Å². The van der Waals surface area contributed by atoms with Crippen LogP contribution in [0.4, 0.5) is 10.1 Å². The van der Waals surface area contributed by atoms with E-state index in [1.165, 1.54) is 23.9 Å². The number of carboxylic acid groups (broad SMARTS) is 1. The average Bonchev–Trinajstić information content (AvgIpc) is 2.41. The summed E-state index contributed by atoms with van der Waals surface area (Å²) in [5.41, 5.74) is 0.124. The molecule has 0 radical (unpaired) electrons. The standard InChI is InChI=1S/C12H13FN2O5S/c13-9-3-8(4-10(5-9)15(19)20)6-21-2-1-11(12(17)18)14-7-16/h3-5,7,11H,1-2,6H2,(H,14,16)(H,17,18). The number of non-ortho nitro benzene ring substituents is 1. The number of nitrogens with one attached hydrogen (secondary N) is 1. The van der Waals surface area contributed by atoms with E-state index in [9.17, 15) is 24.1 Å². The molecule has 0 bridgehead atoms. The number of rotatable bonds is 9.